The summed E-state index contributed by atoms with van der Waals surface area (Å²) in [5.74, 6) is 2.47. The Hall–Kier alpha value is -1.55. The second-order valence-corrected chi connectivity index (χ2v) is 12.4. The quantitative estimate of drug-likeness (QED) is 0.512. The molecule has 2 aromatic heterocycles. The number of benzene rings is 1. The number of fused-ring (bicyclic) bond motifs is 3. The van der Waals surface area contributed by atoms with Crippen molar-refractivity contribution in [2.75, 3.05) is 31.1 Å². The van der Waals surface area contributed by atoms with Gasteiger partial charge in [-0.15, -0.1) is 11.3 Å². The fourth-order valence-electron chi connectivity index (χ4n) is 4.55. The van der Waals surface area contributed by atoms with Gasteiger partial charge in [-0.1, -0.05) is 22.9 Å². The first-order chi connectivity index (χ1) is 14.8. The van der Waals surface area contributed by atoms with E-state index in [2.05, 4.69) is 27.8 Å². The zero-order chi connectivity index (χ0) is 21.8. The van der Waals surface area contributed by atoms with Crippen LogP contribution in [0.1, 0.15) is 29.6 Å². The topological polar surface area (TPSA) is 66.4 Å². The zero-order valence-electron chi connectivity index (χ0n) is 17.6. The average molecular weight is 522 g/mol. The van der Waals surface area contributed by atoms with Crippen LogP contribution >= 0.6 is 27.3 Å². The molecule has 1 aliphatic heterocycles. The molecule has 1 fully saturated rings. The van der Waals surface area contributed by atoms with Gasteiger partial charge in [-0.25, -0.2) is 18.4 Å². The van der Waals surface area contributed by atoms with E-state index in [4.69, 9.17) is 9.97 Å². The van der Waals surface area contributed by atoms with Crippen LogP contribution in [0.3, 0.4) is 0 Å². The normalized spacial score (nSPS) is 20.2. The molecule has 0 spiro atoms. The Bertz CT molecular complexity index is 1230. The number of sulfonamides is 1. The Morgan fingerprint density at radius 2 is 1.81 bits per heavy atom. The first-order valence-electron chi connectivity index (χ1n) is 10.6. The van der Waals surface area contributed by atoms with E-state index in [9.17, 15) is 8.42 Å². The minimum Gasteiger partial charge on any atom is -0.353 e. The smallest absolute Gasteiger partial charge is 0.243 e. The van der Waals surface area contributed by atoms with Gasteiger partial charge in [0.05, 0.1) is 10.3 Å². The summed E-state index contributed by atoms with van der Waals surface area (Å²) in [6.45, 7) is 6.41. The predicted octanol–water partition coefficient (Wildman–Crippen LogP) is 4.40. The second-order valence-electron chi connectivity index (χ2n) is 8.47. The van der Waals surface area contributed by atoms with E-state index in [1.807, 2.05) is 18.3 Å². The van der Waals surface area contributed by atoms with Crippen LogP contribution in [-0.4, -0.2) is 48.9 Å². The summed E-state index contributed by atoms with van der Waals surface area (Å²) in [7, 11) is -3.49. The number of hydrogen-bond acceptors (Lipinski definition) is 6. The monoisotopic (exact) mass is 520 g/mol. The molecule has 164 valence electrons. The average Bonchev–Trinajstić information content (AvgIpc) is 3.10. The van der Waals surface area contributed by atoms with Crippen molar-refractivity contribution in [1.82, 2.24) is 14.3 Å². The summed E-state index contributed by atoms with van der Waals surface area (Å²) >= 11 is 5.18. The van der Waals surface area contributed by atoms with Gasteiger partial charge in [0.15, 0.2) is 0 Å². The van der Waals surface area contributed by atoms with Crippen LogP contribution in [0.2, 0.25) is 0 Å². The molecule has 0 radical (unpaired) electrons. The van der Waals surface area contributed by atoms with Crippen LogP contribution in [0.15, 0.2) is 33.6 Å². The van der Waals surface area contributed by atoms with Gasteiger partial charge in [0.1, 0.15) is 16.5 Å². The lowest BCUT2D eigenvalue weighted by molar-refractivity contribution is 0.384. The molecule has 5 rings (SSSR count). The summed E-state index contributed by atoms with van der Waals surface area (Å²) in [4.78, 5) is 14.7. The molecule has 1 aromatic carbocycles. The molecule has 31 heavy (non-hydrogen) atoms. The molecule has 1 saturated heterocycles. The van der Waals surface area contributed by atoms with Crippen molar-refractivity contribution in [3.63, 3.8) is 0 Å². The van der Waals surface area contributed by atoms with Gasteiger partial charge in [-0.2, -0.15) is 4.31 Å². The first kappa shape index (κ1) is 21.3. The van der Waals surface area contributed by atoms with Gasteiger partial charge in [-0.3, -0.25) is 0 Å². The van der Waals surface area contributed by atoms with Crippen molar-refractivity contribution in [3.8, 4) is 0 Å². The molecule has 0 unspecified atom stereocenters. The highest BCUT2D eigenvalue weighted by molar-refractivity contribution is 9.10. The molecule has 0 amide bonds. The molecular weight excluding hydrogens is 496 g/mol. The van der Waals surface area contributed by atoms with Gasteiger partial charge < -0.3 is 4.90 Å². The Kier molecular flexibility index (Phi) is 5.57. The highest BCUT2D eigenvalue weighted by atomic mass is 79.9. The highest BCUT2D eigenvalue weighted by Crippen LogP contribution is 2.41. The van der Waals surface area contributed by atoms with Crippen molar-refractivity contribution in [2.24, 2.45) is 5.92 Å². The minimum absolute atomic E-state index is 0.338. The van der Waals surface area contributed by atoms with Gasteiger partial charge in [-0.05, 0) is 61.9 Å². The molecule has 1 aliphatic carbocycles. The van der Waals surface area contributed by atoms with Crippen molar-refractivity contribution in [3.05, 3.63) is 45.0 Å². The Labute approximate surface area is 195 Å². The van der Waals surface area contributed by atoms with Gasteiger partial charge in [0.25, 0.3) is 0 Å². The lowest BCUT2D eigenvalue weighted by atomic mass is 9.89. The summed E-state index contributed by atoms with van der Waals surface area (Å²) in [5.41, 5.74) is 1.41. The van der Waals surface area contributed by atoms with E-state index < -0.39 is 10.0 Å². The molecule has 0 saturated carbocycles. The van der Waals surface area contributed by atoms with Gasteiger partial charge in [0, 0.05) is 35.5 Å². The van der Waals surface area contributed by atoms with Gasteiger partial charge in [0.2, 0.25) is 10.0 Å². The Balaban J connectivity index is 1.42. The summed E-state index contributed by atoms with van der Waals surface area (Å²) < 4.78 is 28.6. The molecule has 3 aromatic rings. The number of aryl methyl sites for hydroxylation is 2. The standard InChI is InChI=1S/C22H25BrN4O2S2/c1-14-3-8-18-19(13-14)30-22-20(18)21(24-15(2)25-22)26-9-11-27(12-10-26)31(28,29)17-6-4-16(23)5-7-17/h4-7,14H,3,8-13H2,1-2H3/t14-/m0/s1. The van der Waals surface area contributed by atoms with Crippen LogP contribution in [0.5, 0.6) is 0 Å². The Morgan fingerprint density at radius 1 is 1.10 bits per heavy atom. The third-order valence-corrected chi connectivity index (χ3v) is 9.83. The lowest BCUT2D eigenvalue weighted by Crippen LogP contribution is -2.49. The fourth-order valence-corrected chi connectivity index (χ4v) is 7.66. The number of halogens is 1. The first-order valence-corrected chi connectivity index (χ1v) is 13.7. The summed E-state index contributed by atoms with van der Waals surface area (Å²) in [6.07, 6.45) is 3.40. The lowest BCUT2D eigenvalue weighted by Gasteiger charge is -2.35. The minimum atomic E-state index is -3.49. The van der Waals surface area contributed by atoms with Gasteiger partial charge >= 0.3 is 0 Å². The fraction of sp³-hybridized carbons (Fsp3) is 0.455. The molecule has 2 aliphatic rings. The summed E-state index contributed by atoms with van der Waals surface area (Å²) in [5, 5.41) is 1.20. The molecule has 1 atom stereocenters. The number of aromatic nitrogens is 2. The second kappa shape index (κ2) is 8.10. The molecular formula is C22H25BrN4O2S2. The van der Waals surface area contributed by atoms with Crippen LogP contribution < -0.4 is 4.90 Å². The Morgan fingerprint density at radius 3 is 2.52 bits per heavy atom. The predicted molar refractivity (Wildman–Crippen MR) is 128 cm³/mol. The highest BCUT2D eigenvalue weighted by Gasteiger charge is 2.31. The zero-order valence-corrected chi connectivity index (χ0v) is 20.9. The summed E-state index contributed by atoms with van der Waals surface area (Å²) in [6, 6.07) is 6.84. The number of thiophene rings is 1. The van der Waals surface area contributed by atoms with Crippen LogP contribution in [-0.2, 0) is 22.9 Å². The van der Waals surface area contributed by atoms with E-state index in [1.165, 1.54) is 22.2 Å². The largest absolute Gasteiger partial charge is 0.353 e. The van der Waals surface area contributed by atoms with E-state index in [1.54, 1.807) is 28.6 Å². The molecule has 9 heteroatoms. The van der Waals surface area contributed by atoms with Crippen LogP contribution in [0.4, 0.5) is 5.82 Å². The maximum absolute atomic E-state index is 13.1. The van der Waals surface area contributed by atoms with Crippen molar-refractivity contribution < 1.29 is 8.42 Å². The molecule has 0 bridgehead atoms. The van der Waals surface area contributed by atoms with E-state index in [-0.39, 0.29) is 0 Å². The number of anilines is 1. The van der Waals surface area contributed by atoms with E-state index in [0.29, 0.717) is 37.0 Å². The number of nitrogens with zero attached hydrogens (tertiary/aromatic N) is 4. The third kappa shape index (κ3) is 3.90. The molecule has 0 N–H and O–H groups in total. The number of hydrogen-bond donors (Lipinski definition) is 0. The van der Waals surface area contributed by atoms with Crippen molar-refractivity contribution in [1.29, 1.82) is 0 Å². The van der Waals surface area contributed by atoms with Crippen LogP contribution in [0, 0.1) is 12.8 Å². The maximum atomic E-state index is 13.1. The van der Waals surface area contributed by atoms with Crippen LogP contribution in [0.25, 0.3) is 10.2 Å². The molecule has 3 heterocycles. The SMILES string of the molecule is Cc1nc(N2CCN(S(=O)(=O)c3ccc(Br)cc3)CC2)c2c3c(sc2n1)C[C@@H](C)CC3. The number of rotatable bonds is 3. The molecule has 6 nitrogen and oxygen atoms in total. The van der Waals surface area contributed by atoms with Crippen molar-refractivity contribution >= 4 is 53.3 Å². The third-order valence-electron chi connectivity index (χ3n) is 6.24. The van der Waals surface area contributed by atoms with Crippen molar-refractivity contribution in [2.45, 2.75) is 38.0 Å². The number of piperazine rings is 1. The van der Waals surface area contributed by atoms with E-state index >= 15 is 0 Å². The maximum Gasteiger partial charge on any atom is 0.243 e. The van der Waals surface area contributed by atoms with E-state index in [0.717, 1.165) is 33.8 Å².